The molecule has 1 atom stereocenters. The van der Waals surface area contributed by atoms with Gasteiger partial charge >= 0.3 is 12.1 Å². The topological polar surface area (TPSA) is 109 Å². The van der Waals surface area contributed by atoms with Crippen molar-refractivity contribution in [2.75, 3.05) is 36.5 Å². The molecular formula is C25H34N6O4. The number of hydrogen-bond acceptors (Lipinski definition) is 7. The number of anilines is 2. The lowest BCUT2D eigenvalue weighted by Gasteiger charge is -2.35. The van der Waals surface area contributed by atoms with Gasteiger partial charge in [-0.05, 0) is 58.9 Å². The van der Waals surface area contributed by atoms with Crippen LogP contribution in [0.1, 0.15) is 45.9 Å². The van der Waals surface area contributed by atoms with E-state index in [9.17, 15) is 9.59 Å². The Hall–Kier alpha value is -3.40. The quantitative estimate of drug-likeness (QED) is 0.683. The van der Waals surface area contributed by atoms with Crippen molar-refractivity contribution in [3.05, 3.63) is 35.5 Å². The van der Waals surface area contributed by atoms with Gasteiger partial charge in [-0.2, -0.15) is 0 Å². The Kier molecular flexibility index (Phi) is 7.11. The number of carbonyl (C=O) groups excluding carboxylic acids is 2. The first kappa shape index (κ1) is 24.7. The first-order valence-electron chi connectivity index (χ1n) is 12.0. The summed E-state index contributed by atoms with van der Waals surface area (Å²) >= 11 is 0. The van der Waals surface area contributed by atoms with E-state index in [4.69, 9.17) is 19.4 Å². The number of urea groups is 1. The van der Waals surface area contributed by atoms with E-state index in [1.54, 1.807) is 4.90 Å². The SMILES string of the molecule is CCNC(=O)Nc1ccc(-c2nc3c(c(N4CCOCC4C)n2)CN(C(=O)OC(C)(C)C)C3)cc1. The predicted octanol–water partition coefficient (Wildman–Crippen LogP) is 3.76. The van der Waals surface area contributed by atoms with Crippen molar-refractivity contribution in [1.29, 1.82) is 0 Å². The number of morpholine rings is 1. The fourth-order valence-electron chi connectivity index (χ4n) is 4.14. The number of rotatable bonds is 4. The van der Waals surface area contributed by atoms with Crippen LogP contribution < -0.4 is 15.5 Å². The van der Waals surface area contributed by atoms with E-state index in [2.05, 4.69) is 22.5 Å². The summed E-state index contributed by atoms with van der Waals surface area (Å²) in [4.78, 5) is 38.3. The minimum atomic E-state index is -0.575. The van der Waals surface area contributed by atoms with E-state index in [0.29, 0.717) is 50.9 Å². The minimum absolute atomic E-state index is 0.148. The Morgan fingerprint density at radius 2 is 1.91 bits per heavy atom. The molecule has 1 aromatic heterocycles. The van der Waals surface area contributed by atoms with Crippen molar-refractivity contribution in [3.8, 4) is 11.4 Å². The lowest BCUT2D eigenvalue weighted by molar-refractivity contribution is 0.0240. The van der Waals surface area contributed by atoms with Gasteiger partial charge < -0.3 is 25.0 Å². The largest absolute Gasteiger partial charge is 0.444 e. The zero-order valence-corrected chi connectivity index (χ0v) is 21.1. The summed E-state index contributed by atoms with van der Waals surface area (Å²) in [5, 5.41) is 5.51. The van der Waals surface area contributed by atoms with E-state index in [1.165, 1.54) is 0 Å². The molecule has 0 saturated carbocycles. The van der Waals surface area contributed by atoms with Gasteiger partial charge in [-0.25, -0.2) is 19.6 Å². The maximum Gasteiger partial charge on any atom is 0.410 e. The summed E-state index contributed by atoms with van der Waals surface area (Å²) in [7, 11) is 0. The third kappa shape index (κ3) is 5.82. The molecule has 10 nitrogen and oxygen atoms in total. The predicted molar refractivity (Wildman–Crippen MR) is 133 cm³/mol. The first-order valence-corrected chi connectivity index (χ1v) is 12.0. The lowest BCUT2D eigenvalue weighted by atomic mass is 10.1. The monoisotopic (exact) mass is 482 g/mol. The third-order valence-electron chi connectivity index (χ3n) is 5.79. The number of fused-ring (bicyclic) bond motifs is 1. The Balaban J connectivity index is 1.65. The van der Waals surface area contributed by atoms with Crippen LogP contribution in [0.25, 0.3) is 11.4 Å². The lowest BCUT2D eigenvalue weighted by Crippen LogP contribution is -2.44. The smallest absolute Gasteiger partial charge is 0.410 e. The number of nitrogens with one attached hydrogen (secondary N) is 2. The third-order valence-corrected chi connectivity index (χ3v) is 5.79. The van der Waals surface area contributed by atoms with E-state index in [0.717, 1.165) is 22.6 Å². The molecule has 0 aliphatic carbocycles. The molecule has 4 rings (SSSR count). The van der Waals surface area contributed by atoms with Crippen LogP contribution in [0.3, 0.4) is 0 Å². The van der Waals surface area contributed by atoms with Gasteiger partial charge in [-0.15, -0.1) is 0 Å². The van der Waals surface area contributed by atoms with Crippen LogP contribution in [0.5, 0.6) is 0 Å². The number of hydrogen-bond donors (Lipinski definition) is 2. The first-order chi connectivity index (χ1) is 16.6. The van der Waals surface area contributed by atoms with Gasteiger partial charge in [0.25, 0.3) is 0 Å². The summed E-state index contributed by atoms with van der Waals surface area (Å²) in [5.74, 6) is 1.41. The van der Waals surface area contributed by atoms with Gasteiger partial charge in [-0.1, -0.05) is 0 Å². The van der Waals surface area contributed by atoms with Crippen molar-refractivity contribution in [1.82, 2.24) is 20.2 Å². The molecule has 1 saturated heterocycles. The van der Waals surface area contributed by atoms with Crippen molar-refractivity contribution in [2.45, 2.75) is 59.4 Å². The second-order valence-corrected chi connectivity index (χ2v) is 9.81. The number of nitrogens with zero attached hydrogens (tertiary/aromatic N) is 4. The van der Waals surface area contributed by atoms with Gasteiger partial charge in [0, 0.05) is 29.9 Å². The van der Waals surface area contributed by atoms with Gasteiger partial charge in [0.15, 0.2) is 5.82 Å². The van der Waals surface area contributed by atoms with E-state index >= 15 is 0 Å². The summed E-state index contributed by atoms with van der Waals surface area (Å²) in [6.45, 7) is 12.8. The van der Waals surface area contributed by atoms with Gasteiger partial charge in [0.2, 0.25) is 0 Å². The van der Waals surface area contributed by atoms with E-state index in [-0.39, 0.29) is 18.2 Å². The molecule has 1 unspecified atom stereocenters. The summed E-state index contributed by atoms with van der Waals surface area (Å²) in [5.41, 5.74) is 2.70. The van der Waals surface area contributed by atoms with Crippen LogP contribution in [-0.4, -0.2) is 64.9 Å². The van der Waals surface area contributed by atoms with Crippen LogP contribution >= 0.6 is 0 Å². The standard InChI is InChI=1S/C25H34N6O4/c1-6-26-23(32)27-18-9-7-17(8-10-18)21-28-20-14-30(24(33)35-25(3,4)5)13-19(20)22(29-21)31-11-12-34-15-16(31)2/h7-10,16H,6,11-15H2,1-5H3,(H2,26,27,32). The maximum absolute atomic E-state index is 12.8. The van der Waals surface area contributed by atoms with E-state index < -0.39 is 5.60 Å². The molecule has 1 aromatic carbocycles. The molecule has 3 amide bonds. The molecule has 0 radical (unpaired) electrons. The summed E-state index contributed by atoms with van der Waals surface area (Å²) in [6, 6.07) is 7.32. The number of benzene rings is 1. The molecule has 2 aliphatic rings. The Labute approximate surface area is 206 Å². The highest BCUT2D eigenvalue weighted by Gasteiger charge is 2.34. The molecule has 3 heterocycles. The molecule has 2 aliphatic heterocycles. The van der Waals surface area contributed by atoms with E-state index in [1.807, 2.05) is 52.0 Å². The Morgan fingerprint density at radius 3 is 2.57 bits per heavy atom. The molecule has 2 N–H and O–H groups in total. The number of carbonyl (C=O) groups is 2. The fourth-order valence-corrected chi connectivity index (χ4v) is 4.14. The van der Waals surface area contributed by atoms with Crippen molar-refractivity contribution < 1.29 is 19.1 Å². The molecule has 0 bridgehead atoms. The molecule has 2 aromatic rings. The molecule has 1 fully saturated rings. The van der Waals surface area contributed by atoms with Crippen LogP contribution in [-0.2, 0) is 22.6 Å². The highest BCUT2D eigenvalue weighted by molar-refractivity contribution is 5.89. The Morgan fingerprint density at radius 1 is 1.17 bits per heavy atom. The van der Waals surface area contributed by atoms with Crippen LogP contribution in [0.4, 0.5) is 21.1 Å². The molecule has 35 heavy (non-hydrogen) atoms. The van der Waals surface area contributed by atoms with Gasteiger partial charge in [0.05, 0.1) is 38.0 Å². The summed E-state index contributed by atoms with van der Waals surface area (Å²) in [6.07, 6.45) is -0.362. The van der Waals surface area contributed by atoms with Crippen LogP contribution in [0, 0.1) is 0 Å². The van der Waals surface area contributed by atoms with Crippen molar-refractivity contribution >= 4 is 23.6 Å². The average Bonchev–Trinajstić information content (AvgIpc) is 3.23. The second-order valence-electron chi connectivity index (χ2n) is 9.81. The normalized spacial score (nSPS) is 17.7. The highest BCUT2D eigenvalue weighted by Crippen LogP contribution is 2.34. The Bertz CT molecular complexity index is 1080. The number of aromatic nitrogens is 2. The fraction of sp³-hybridized carbons (Fsp3) is 0.520. The van der Waals surface area contributed by atoms with Gasteiger partial charge in [0.1, 0.15) is 11.4 Å². The molecular weight excluding hydrogens is 448 g/mol. The maximum atomic E-state index is 12.8. The summed E-state index contributed by atoms with van der Waals surface area (Å²) < 4.78 is 11.2. The molecule has 10 heteroatoms. The van der Waals surface area contributed by atoms with Crippen molar-refractivity contribution in [3.63, 3.8) is 0 Å². The van der Waals surface area contributed by atoms with Gasteiger partial charge in [-0.3, -0.25) is 4.90 Å². The van der Waals surface area contributed by atoms with Crippen LogP contribution in [0.2, 0.25) is 0 Å². The molecule has 188 valence electrons. The zero-order valence-electron chi connectivity index (χ0n) is 21.1. The average molecular weight is 483 g/mol. The van der Waals surface area contributed by atoms with Crippen LogP contribution in [0.15, 0.2) is 24.3 Å². The zero-order chi connectivity index (χ0) is 25.2. The van der Waals surface area contributed by atoms with Crippen molar-refractivity contribution in [2.24, 2.45) is 0 Å². The molecule has 0 spiro atoms. The number of ether oxygens (including phenoxy) is 2. The number of amides is 3. The minimum Gasteiger partial charge on any atom is -0.444 e. The second kappa shape index (κ2) is 10.1. The highest BCUT2D eigenvalue weighted by atomic mass is 16.6.